The van der Waals surface area contributed by atoms with E-state index in [1.54, 1.807) is 30.9 Å². The number of aryl methyl sites for hydroxylation is 1. The molecule has 0 saturated carbocycles. The second-order valence-electron chi connectivity index (χ2n) is 6.90. The normalized spacial score (nSPS) is 10.5. The number of carbonyl (C=O) groups excluding carboxylic acids is 3. The standard InChI is InChI=1S/C22H29N3O4S/c1-5-7-8-13-25(22-24-15(3)19(30-22)21(28)29-6-2)20(27)18-11-9-17(10-12-18)14-23-16(4)26/h9-12H,5-8,13-14H2,1-4H3,(H,23,26). The van der Waals surface area contributed by atoms with E-state index in [1.165, 1.54) is 18.3 Å². The Hall–Kier alpha value is -2.74. The Morgan fingerprint density at radius 2 is 1.83 bits per heavy atom. The number of anilines is 1. The van der Waals surface area contributed by atoms with Crippen LogP contribution < -0.4 is 10.2 Å². The van der Waals surface area contributed by atoms with Crippen molar-refractivity contribution in [3.05, 3.63) is 46.0 Å². The van der Waals surface area contributed by atoms with E-state index >= 15 is 0 Å². The van der Waals surface area contributed by atoms with Crippen LogP contribution in [0, 0.1) is 6.92 Å². The Labute approximate surface area is 181 Å². The third kappa shape index (κ3) is 6.38. The number of unbranched alkanes of at least 4 members (excludes halogenated alkanes) is 2. The van der Waals surface area contributed by atoms with Gasteiger partial charge in [0.15, 0.2) is 5.13 Å². The van der Waals surface area contributed by atoms with E-state index in [9.17, 15) is 14.4 Å². The highest BCUT2D eigenvalue weighted by molar-refractivity contribution is 7.17. The lowest BCUT2D eigenvalue weighted by atomic mass is 10.1. The van der Waals surface area contributed by atoms with Gasteiger partial charge in [-0.05, 0) is 38.0 Å². The SMILES string of the molecule is CCCCCN(C(=O)c1ccc(CNC(C)=O)cc1)c1nc(C)c(C(=O)OCC)s1. The van der Waals surface area contributed by atoms with Crippen molar-refractivity contribution in [2.75, 3.05) is 18.1 Å². The van der Waals surface area contributed by atoms with Gasteiger partial charge in [-0.2, -0.15) is 0 Å². The summed E-state index contributed by atoms with van der Waals surface area (Å²) < 4.78 is 5.10. The van der Waals surface area contributed by atoms with Crippen molar-refractivity contribution in [1.29, 1.82) is 0 Å². The van der Waals surface area contributed by atoms with Gasteiger partial charge in [0.1, 0.15) is 4.88 Å². The summed E-state index contributed by atoms with van der Waals surface area (Å²) in [5.74, 6) is -0.683. The van der Waals surface area contributed by atoms with Crippen LogP contribution in [-0.2, 0) is 16.1 Å². The molecule has 0 fully saturated rings. The lowest BCUT2D eigenvalue weighted by Crippen LogP contribution is -2.32. The molecule has 7 nitrogen and oxygen atoms in total. The van der Waals surface area contributed by atoms with E-state index in [2.05, 4.69) is 17.2 Å². The number of hydrogen-bond acceptors (Lipinski definition) is 6. The first-order chi connectivity index (χ1) is 14.4. The van der Waals surface area contributed by atoms with Crippen LogP contribution in [0.4, 0.5) is 5.13 Å². The highest BCUT2D eigenvalue weighted by Crippen LogP contribution is 2.28. The first-order valence-electron chi connectivity index (χ1n) is 10.2. The van der Waals surface area contributed by atoms with Crippen LogP contribution in [0.15, 0.2) is 24.3 Å². The van der Waals surface area contributed by atoms with Gasteiger partial charge in [0, 0.05) is 25.6 Å². The van der Waals surface area contributed by atoms with Crippen molar-refractivity contribution >= 4 is 34.3 Å². The lowest BCUT2D eigenvalue weighted by molar-refractivity contribution is -0.119. The third-order valence-corrected chi connectivity index (χ3v) is 5.61. The number of rotatable bonds is 10. The van der Waals surface area contributed by atoms with E-state index in [0.29, 0.717) is 34.4 Å². The number of carbonyl (C=O) groups is 3. The van der Waals surface area contributed by atoms with Gasteiger partial charge in [0.05, 0.1) is 12.3 Å². The first-order valence-corrected chi connectivity index (χ1v) is 11.0. The van der Waals surface area contributed by atoms with Crippen LogP contribution in [-0.4, -0.2) is 35.9 Å². The van der Waals surface area contributed by atoms with E-state index in [-0.39, 0.29) is 18.4 Å². The van der Waals surface area contributed by atoms with Gasteiger partial charge in [0.2, 0.25) is 5.91 Å². The zero-order valence-electron chi connectivity index (χ0n) is 18.0. The smallest absolute Gasteiger partial charge is 0.350 e. The molecule has 0 bridgehead atoms. The zero-order valence-corrected chi connectivity index (χ0v) is 18.8. The molecule has 30 heavy (non-hydrogen) atoms. The molecule has 0 radical (unpaired) electrons. The maximum Gasteiger partial charge on any atom is 0.350 e. The van der Waals surface area contributed by atoms with Gasteiger partial charge in [0.25, 0.3) is 5.91 Å². The molecule has 1 aromatic heterocycles. The van der Waals surface area contributed by atoms with Crippen LogP contribution in [0.5, 0.6) is 0 Å². The van der Waals surface area contributed by atoms with E-state index in [4.69, 9.17) is 4.74 Å². The Morgan fingerprint density at radius 1 is 1.13 bits per heavy atom. The minimum absolute atomic E-state index is 0.103. The fourth-order valence-corrected chi connectivity index (χ4v) is 3.82. The number of esters is 1. The van der Waals surface area contributed by atoms with Crippen LogP contribution in [0.3, 0.4) is 0 Å². The van der Waals surface area contributed by atoms with Crippen molar-refractivity contribution in [3.63, 3.8) is 0 Å². The topological polar surface area (TPSA) is 88.6 Å². The van der Waals surface area contributed by atoms with E-state index in [1.807, 2.05) is 12.1 Å². The molecule has 8 heteroatoms. The molecule has 0 atom stereocenters. The van der Waals surface area contributed by atoms with Gasteiger partial charge < -0.3 is 10.1 Å². The maximum atomic E-state index is 13.2. The largest absolute Gasteiger partial charge is 0.462 e. The number of aromatic nitrogens is 1. The van der Waals surface area contributed by atoms with Crippen LogP contribution >= 0.6 is 11.3 Å². The number of ether oxygens (including phenoxy) is 1. The Balaban J connectivity index is 2.25. The highest BCUT2D eigenvalue weighted by atomic mass is 32.1. The van der Waals surface area contributed by atoms with Crippen LogP contribution in [0.1, 0.15) is 71.3 Å². The summed E-state index contributed by atoms with van der Waals surface area (Å²) in [5, 5.41) is 3.24. The molecule has 0 aliphatic heterocycles. The summed E-state index contributed by atoms with van der Waals surface area (Å²) in [6.07, 6.45) is 2.87. The molecule has 0 aliphatic rings. The van der Waals surface area contributed by atoms with Gasteiger partial charge in [-0.1, -0.05) is 43.2 Å². The number of nitrogens with one attached hydrogen (secondary N) is 1. The molecule has 0 spiro atoms. The van der Waals surface area contributed by atoms with Gasteiger partial charge >= 0.3 is 5.97 Å². The van der Waals surface area contributed by atoms with Gasteiger partial charge in [-0.25, -0.2) is 9.78 Å². The molecule has 1 N–H and O–H groups in total. The molecule has 2 aromatic rings. The Bertz CT molecular complexity index is 877. The predicted octanol–water partition coefficient (Wildman–Crippen LogP) is 4.10. The maximum absolute atomic E-state index is 13.2. The fourth-order valence-electron chi connectivity index (χ4n) is 2.84. The summed E-state index contributed by atoms with van der Waals surface area (Å²) >= 11 is 1.18. The summed E-state index contributed by atoms with van der Waals surface area (Å²) in [4.78, 5) is 43.0. The number of amides is 2. The van der Waals surface area contributed by atoms with Crippen molar-refractivity contribution in [1.82, 2.24) is 10.3 Å². The highest BCUT2D eigenvalue weighted by Gasteiger charge is 2.24. The Morgan fingerprint density at radius 3 is 2.43 bits per heavy atom. The van der Waals surface area contributed by atoms with Gasteiger partial charge in [-0.3, -0.25) is 14.5 Å². The van der Waals surface area contributed by atoms with Crippen molar-refractivity contribution in [2.45, 2.75) is 53.5 Å². The molecule has 0 unspecified atom stereocenters. The molecular weight excluding hydrogens is 402 g/mol. The minimum Gasteiger partial charge on any atom is -0.462 e. The fraction of sp³-hybridized carbons (Fsp3) is 0.455. The second-order valence-corrected chi connectivity index (χ2v) is 7.88. The average Bonchev–Trinajstić information content (AvgIpc) is 3.11. The molecule has 1 aromatic carbocycles. The average molecular weight is 432 g/mol. The summed E-state index contributed by atoms with van der Waals surface area (Å²) in [5.41, 5.74) is 2.00. The Kier molecular flexibility index (Phi) is 8.98. The predicted molar refractivity (Wildman–Crippen MR) is 118 cm³/mol. The van der Waals surface area contributed by atoms with Crippen LogP contribution in [0.2, 0.25) is 0 Å². The van der Waals surface area contributed by atoms with Crippen molar-refractivity contribution in [3.8, 4) is 0 Å². The van der Waals surface area contributed by atoms with Gasteiger partial charge in [-0.15, -0.1) is 0 Å². The van der Waals surface area contributed by atoms with Crippen LogP contribution in [0.25, 0.3) is 0 Å². The summed E-state index contributed by atoms with van der Waals surface area (Å²) in [7, 11) is 0. The monoisotopic (exact) mass is 431 g/mol. The lowest BCUT2D eigenvalue weighted by Gasteiger charge is -2.20. The molecule has 162 valence electrons. The number of hydrogen-bond donors (Lipinski definition) is 1. The molecule has 2 rings (SSSR count). The van der Waals surface area contributed by atoms with E-state index in [0.717, 1.165) is 24.8 Å². The van der Waals surface area contributed by atoms with E-state index < -0.39 is 5.97 Å². The van der Waals surface area contributed by atoms with Crippen molar-refractivity contribution in [2.24, 2.45) is 0 Å². The molecule has 0 aliphatic carbocycles. The molecular formula is C22H29N3O4S. The quantitative estimate of drug-likeness (QED) is 0.452. The molecule has 2 amide bonds. The molecule has 0 saturated heterocycles. The minimum atomic E-state index is -0.415. The summed E-state index contributed by atoms with van der Waals surface area (Å²) in [6.45, 7) is 8.30. The number of thiazole rings is 1. The zero-order chi connectivity index (χ0) is 22.1. The third-order valence-electron chi connectivity index (χ3n) is 4.45. The second kappa shape index (κ2) is 11.4. The summed E-state index contributed by atoms with van der Waals surface area (Å²) in [6, 6.07) is 7.15. The number of nitrogens with zero attached hydrogens (tertiary/aromatic N) is 2. The van der Waals surface area contributed by atoms with Crippen molar-refractivity contribution < 1.29 is 19.1 Å². The first kappa shape index (κ1) is 23.5. The number of benzene rings is 1. The molecule has 1 heterocycles.